The van der Waals surface area contributed by atoms with Crippen LogP contribution in [-0.4, -0.2) is 14.7 Å². The van der Waals surface area contributed by atoms with Crippen LogP contribution in [0.5, 0.6) is 0 Å². The fourth-order valence-electron chi connectivity index (χ4n) is 2.41. The van der Waals surface area contributed by atoms with Crippen LogP contribution in [0.4, 0.5) is 0 Å². The molecule has 3 aromatic rings. The molecule has 1 aromatic carbocycles. The fraction of sp³-hybridized carbons (Fsp3) is 0.278. The number of nitrogens with one attached hydrogen (secondary N) is 1. The highest BCUT2D eigenvalue weighted by Gasteiger charge is 2.12. The molecule has 0 aliphatic carbocycles. The number of pyridine rings is 1. The van der Waals surface area contributed by atoms with E-state index in [4.69, 9.17) is 0 Å². The molecule has 0 spiro atoms. The topological polar surface area (TPSA) is 28.7 Å². The zero-order valence-corrected chi connectivity index (χ0v) is 13.7. The van der Waals surface area contributed by atoms with Crippen molar-refractivity contribution in [3.63, 3.8) is 0 Å². The molecule has 0 atom stereocenters. The Hall–Kier alpha value is -1.74. The van der Waals surface area contributed by atoms with E-state index in [-0.39, 0.29) is 4.75 Å². The van der Waals surface area contributed by atoms with Crippen molar-refractivity contribution in [3.05, 3.63) is 48.3 Å². The van der Waals surface area contributed by atoms with Crippen LogP contribution < -0.4 is 0 Å². The van der Waals surface area contributed by atoms with Gasteiger partial charge in [-0.15, -0.1) is 11.8 Å². The van der Waals surface area contributed by atoms with Crippen LogP contribution in [-0.2, 0) is 0 Å². The Labute approximate surface area is 130 Å². The van der Waals surface area contributed by atoms with Crippen LogP contribution >= 0.6 is 11.8 Å². The number of thioether (sulfide) groups is 1. The second kappa shape index (κ2) is 5.23. The number of benzene rings is 1. The van der Waals surface area contributed by atoms with Gasteiger partial charge < -0.3 is 4.98 Å². The van der Waals surface area contributed by atoms with Crippen molar-refractivity contribution in [2.24, 2.45) is 0 Å². The first-order chi connectivity index (χ1) is 9.90. The van der Waals surface area contributed by atoms with Gasteiger partial charge in [-0.2, -0.15) is 0 Å². The van der Waals surface area contributed by atoms with Crippen LogP contribution in [0.1, 0.15) is 26.5 Å². The lowest BCUT2D eigenvalue weighted by Gasteiger charge is -2.17. The third-order valence-electron chi connectivity index (χ3n) is 3.19. The molecule has 21 heavy (non-hydrogen) atoms. The van der Waals surface area contributed by atoms with E-state index in [0.29, 0.717) is 0 Å². The largest absolute Gasteiger partial charge is 0.357 e. The zero-order chi connectivity index (χ0) is 15.0. The quantitative estimate of drug-likeness (QED) is 0.639. The van der Waals surface area contributed by atoms with E-state index >= 15 is 0 Å². The number of hydrogen-bond donors (Lipinski definition) is 1. The Morgan fingerprint density at radius 3 is 2.67 bits per heavy atom. The molecule has 1 N–H and O–H groups in total. The number of fused-ring (bicyclic) bond motifs is 1. The van der Waals surface area contributed by atoms with E-state index in [1.165, 1.54) is 21.5 Å². The van der Waals surface area contributed by atoms with Crippen molar-refractivity contribution in [3.8, 4) is 11.3 Å². The van der Waals surface area contributed by atoms with E-state index < -0.39 is 0 Å². The second-order valence-corrected chi connectivity index (χ2v) is 8.25. The van der Waals surface area contributed by atoms with Crippen LogP contribution in [0.2, 0.25) is 0 Å². The molecule has 108 valence electrons. The van der Waals surface area contributed by atoms with Gasteiger partial charge in [0.2, 0.25) is 0 Å². The molecule has 0 aliphatic rings. The molecule has 0 saturated heterocycles. The summed E-state index contributed by atoms with van der Waals surface area (Å²) in [6.45, 7) is 8.77. The molecule has 0 bridgehead atoms. The normalized spacial score (nSPS) is 12.0. The van der Waals surface area contributed by atoms with Gasteiger partial charge in [0.1, 0.15) is 0 Å². The van der Waals surface area contributed by atoms with E-state index in [0.717, 1.165) is 11.2 Å². The molecule has 0 radical (unpaired) electrons. The summed E-state index contributed by atoms with van der Waals surface area (Å²) in [6, 6.07) is 12.9. The Morgan fingerprint density at radius 2 is 1.90 bits per heavy atom. The highest BCUT2D eigenvalue weighted by molar-refractivity contribution is 8.00. The van der Waals surface area contributed by atoms with Gasteiger partial charge >= 0.3 is 0 Å². The van der Waals surface area contributed by atoms with Crippen molar-refractivity contribution in [2.75, 3.05) is 0 Å². The molecule has 0 aliphatic heterocycles. The van der Waals surface area contributed by atoms with Gasteiger partial charge in [-0.25, -0.2) is 0 Å². The summed E-state index contributed by atoms with van der Waals surface area (Å²) >= 11 is 1.88. The van der Waals surface area contributed by atoms with Crippen molar-refractivity contribution in [2.45, 2.75) is 37.3 Å². The second-order valence-electron chi connectivity index (χ2n) is 6.35. The summed E-state index contributed by atoms with van der Waals surface area (Å²) in [4.78, 5) is 9.18. The van der Waals surface area contributed by atoms with Crippen molar-refractivity contribution in [1.82, 2.24) is 9.97 Å². The molecule has 0 fully saturated rings. The predicted octanol–water partition coefficient (Wildman–Crippen LogP) is 5.43. The summed E-state index contributed by atoms with van der Waals surface area (Å²) in [5.74, 6) is 0. The van der Waals surface area contributed by atoms with E-state index in [9.17, 15) is 0 Å². The molecule has 2 heterocycles. The third kappa shape index (κ3) is 3.30. The average Bonchev–Trinajstić information content (AvgIpc) is 2.76. The van der Waals surface area contributed by atoms with Gasteiger partial charge in [0.15, 0.2) is 0 Å². The summed E-state index contributed by atoms with van der Waals surface area (Å²) in [7, 11) is 0. The highest BCUT2D eigenvalue weighted by Crippen LogP contribution is 2.34. The van der Waals surface area contributed by atoms with Gasteiger partial charge in [-0.1, -0.05) is 32.9 Å². The Bertz CT molecular complexity index is 781. The molecule has 0 amide bonds. The Kier molecular flexibility index (Phi) is 3.54. The minimum Gasteiger partial charge on any atom is -0.357 e. The number of aromatic amines is 1. The zero-order valence-electron chi connectivity index (χ0n) is 12.9. The van der Waals surface area contributed by atoms with Crippen LogP contribution in [0, 0.1) is 6.92 Å². The maximum atomic E-state index is 4.59. The first-order valence-corrected chi connectivity index (χ1v) is 7.97. The molecule has 0 saturated carbocycles. The van der Waals surface area contributed by atoms with Crippen molar-refractivity contribution in [1.29, 1.82) is 0 Å². The van der Waals surface area contributed by atoms with E-state index in [1.54, 1.807) is 0 Å². The standard InChI is InChI=1S/C18H20N2S/c1-12-8-14-10-16(19-11-17(14)20-12)13-6-5-7-15(9-13)21-18(2,3)4/h5-11,20H,1-4H3. The maximum Gasteiger partial charge on any atom is 0.0710 e. The third-order valence-corrected chi connectivity index (χ3v) is 4.30. The van der Waals surface area contributed by atoms with E-state index in [2.05, 4.69) is 74.1 Å². The fourth-order valence-corrected chi connectivity index (χ4v) is 3.45. The number of rotatable bonds is 2. The number of H-pyrrole nitrogens is 1. The maximum absolute atomic E-state index is 4.59. The van der Waals surface area contributed by atoms with Crippen molar-refractivity contribution >= 4 is 22.7 Å². The molecule has 3 rings (SSSR count). The average molecular weight is 296 g/mol. The Balaban J connectivity index is 1.99. The number of nitrogens with zero attached hydrogens (tertiary/aromatic N) is 1. The van der Waals surface area contributed by atoms with Crippen LogP contribution in [0.3, 0.4) is 0 Å². The van der Waals surface area contributed by atoms with Gasteiger partial charge in [0, 0.05) is 26.3 Å². The van der Waals surface area contributed by atoms with Crippen LogP contribution in [0.25, 0.3) is 22.2 Å². The molecule has 2 nitrogen and oxygen atoms in total. The van der Waals surface area contributed by atoms with Gasteiger partial charge in [0.05, 0.1) is 17.4 Å². The lowest BCUT2D eigenvalue weighted by molar-refractivity contribution is 0.803. The van der Waals surface area contributed by atoms with Gasteiger partial charge in [-0.3, -0.25) is 4.98 Å². The number of aryl methyl sites for hydroxylation is 1. The lowest BCUT2D eigenvalue weighted by atomic mass is 10.1. The van der Waals surface area contributed by atoms with Crippen molar-refractivity contribution < 1.29 is 0 Å². The molecular formula is C18H20N2S. The minimum absolute atomic E-state index is 0.216. The highest BCUT2D eigenvalue weighted by atomic mass is 32.2. The lowest BCUT2D eigenvalue weighted by Crippen LogP contribution is -2.06. The Morgan fingerprint density at radius 1 is 1.10 bits per heavy atom. The van der Waals surface area contributed by atoms with E-state index in [1.807, 2.05) is 18.0 Å². The smallest absolute Gasteiger partial charge is 0.0710 e. The van der Waals surface area contributed by atoms with Crippen LogP contribution in [0.15, 0.2) is 47.5 Å². The monoisotopic (exact) mass is 296 g/mol. The molecule has 2 aromatic heterocycles. The predicted molar refractivity (Wildman–Crippen MR) is 91.9 cm³/mol. The SMILES string of the molecule is Cc1cc2cc(-c3cccc(SC(C)(C)C)c3)ncc2[nH]1. The minimum atomic E-state index is 0.216. The first-order valence-electron chi connectivity index (χ1n) is 7.15. The number of aromatic nitrogens is 2. The summed E-state index contributed by atoms with van der Waals surface area (Å²) in [5, 5.41) is 1.21. The first kappa shape index (κ1) is 14.2. The summed E-state index contributed by atoms with van der Waals surface area (Å²) in [5.41, 5.74) is 4.46. The number of hydrogen-bond acceptors (Lipinski definition) is 2. The molecule has 3 heteroatoms. The van der Waals surface area contributed by atoms with Gasteiger partial charge in [-0.05, 0) is 31.2 Å². The molecule has 0 unspecified atom stereocenters. The summed E-state index contributed by atoms with van der Waals surface area (Å²) < 4.78 is 0.216. The molecular weight excluding hydrogens is 276 g/mol. The van der Waals surface area contributed by atoms with Gasteiger partial charge in [0.25, 0.3) is 0 Å². The summed E-state index contributed by atoms with van der Waals surface area (Å²) in [6.07, 6.45) is 1.92.